The molecule has 3 atom stereocenters. The molecule has 1 aliphatic rings. The van der Waals surface area contributed by atoms with Crippen molar-refractivity contribution >= 4 is 36.4 Å². The van der Waals surface area contributed by atoms with Gasteiger partial charge in [0.15, 0.2) is 0 Å². The van der Waals surface area contributed by atoms with Gasteiger partial charge >= 0.3 is 0 Å². The largest absolute Gasteiger partial charge is 0.383 e. The van der Waals surface area contributed by atoms with E-state index in [0.717, 1.165) is 30.9 Å². The lowest BCUT2D eigenvalue weighted by molar-refractivity contribution is -0.118. The topological polar surface area (TPSA) is 76.8 Å². The van der Waals surface area contributed by atoms with Crippen LogP contribution >= 0.6 is 24.8 Å². The quantitative estimate of drug-likeness (QED) is 0.773. The number of benzene rings is 1. The van der Waals surface area contributed by atoms with Gasteiger partial charge in [0.05, 0.1) is 18.8 Å². The van der Waals surface area contributed by atoms with E-state index in [0.29, 0.717) is 0 Å². The number of hydrogen-bond acceptors (Lipinski definition) is 5. The Morgan fingerprint density at radius 3 is 2.52 bits per heavy atom. The predicted molar refractivity (Wildman–Crippen MR) is 105 cm³/mol. The van der Waals surface area contributed by atoms with Crippen molar-refractivity contribution in [2.75, 3.05) is 32.1 Å². The third kappa shape index (κ3) is 7.48. The van der Waals surface area contributed by atoms with Gasteiger partial charge in [-0.05, 0) is 25.5 Å². The Hall–Kier alpha value is -0.890. The minimum Gasteiger partial charge on any atom is -0.383 e. The summed E-state index contributed by atoms with van der Waals surface area (Å²) in [5.41, 5.74) is 7.66. The number of nitrogens with zero attached hydrogens (tertiary/aromatic N) is 1. The summed E-state index contributed by atoms with van der Waals surface area (Å²) in [6.07, 6.45) is 0.436. The van der Waals surface area contributed by atoms with Crippen LogP contribution < -0.4 is 11.1 Å². The molecule has 0 bridgehead atoms. The van der Waals surface area contributed by atoms with Gasteiger partial charge in [-0.25, -0.2) is 0 Å². The Morgan fingerprint density at radius 1 is 1.32 bits per heavy atom. The summed E-state index contributed by atoms with van der Waals surface area (Å²) >= 11 is 0. The molecule has 1 saturated heterocycles. The van der Waals surface area contributed by atoms with Crippen molar-refractivity contribution in [3.63, 3.8) is 0 Å². The molecule has 3 unspecified atom stereocenters. The highest BCUT2D eigenvalue weighted by Crippen LogP contribution is 2.20. The molecule has 6 nitrogen and oxygen atoms in total. The van der Waals surface area contributed by atoms with Crippen LogP contribution in [0.4, 0.5) is 5.69 Å². The first-order chi connectivity index (χ1) is 11.0. The van der Waals surface area contributed by atoms with E-state index in [1.165, 1.54) is 7.11 Å². The molecule has 1 amide bonds. The summed E-state index contributed by atoms with van der Waals surface area (Å²) in [7, 11) is 1.53. The van der Waals surface area contributed by atoms with E-state index >= 15 is 0 Å². The van der Waals surface area contributed by atoms with Gasteiger partial charge in [-0.2, -0.15) is 0 Å². The fourth-order valence-electron chi connectivity index (χ4n) is 2.92. The zero-order chi connectivity index (χ0) is 16.8. The summed E-state index contributed by atoms with van der Waals surface area (Å²) in [5.74, 6) is -0.233. The summed E-state index contributed by atoms with van der Waals surface area (Å²) in [5, 5.41) is 2.91. The molecule has 1 aliphatic heterocycles. The minimum atomic E-state index is -0.670. The third-order valence-electron chi connectivity index (χ3n) is 3.85. The predicted octanol–water partition coefficient (Wildman–Crippen LogP) is 2.05. The van der Waals surface area contributed by atoms with E-state index in [1.54, 1.807) is 0 Å². The Labute approximate surface area is 162 Å². The molecule has 1 heterocycles. The molecule has 25 heavy (non-hydrogen) atoms. The summed E-state index contributed by atoms with van der Waals surface area (Å²) < 4.78 is 10.7. The maximum atomic E-state index is 12.1. The summed E-state index contributed by atoms with van der Waals surface area (Å²) in [4.78, 5) is 14.4. The van der Waals surface area contributed by atoms with E-state index in [4.69, 9.17) is 15.2 Å². The van der Waals surface area contributed by atoms with Crippen molar-refractivity contribution in [3.8, 4) is 0 Å². The van der Waals surface area contributed by atoms with Crippen molar-refractivity contribution in [2.45, 2.75) is 38.6 Å². The highest BCUT2D eigenvalue weighted by molar-refractivity contribution is 5.95. The van der Waals surface area contributed by atoms with Crippen LogP contribution in [0.2, 0.25) is 0 Å². The van der Waals surface area contributed by atoms with Crippen LogP contribution in [-0.4, -0.2) is 55.9 Å². The molecule has 2 rings (SSSR count). The summed E-state index contributed by atoms with van der Waals surface area (Å²) in [6.45, 7) is 6.91. The second-order valence-electron chi connectivity index (χ2n) is 6.16. The van der Waals surface area contributed by atoms with E-state index in [-0.39, 0.29) is 49.5 Å². The Bertz CT molecular complexity index is 524. The van der Waals surface area contributed by atoms with E-state index in [1.807, 2.05) is 24.3 Å². The van der Waals surface area contributed by atoms with Crippen LogP contribution in [0.15, 0.2) is 24.3 Å². The van der Waals surface area contributed by atoms with Gasteiger partial charge in [0.2, 0.25) is 5.91 Å². The number of hydrogen-bond donors (Lipinski definition) is 2. The zero-order valence-electron chi connectivity index (χ0n) is 14.9. The molecule has 0 saturated carbocycles. The monoisotopic (exact) mass is 393 g/mol. The van der Waals surface area contributed by atoms with Crippen LogP contribution in [0.3, 0.4) is 0 Å². The number of methoxy groups -OCH3 is 1. The Morgan fingerprint density at radius 2 is 1.92 bits per heavy atom. The zero-order valence-corrected chi connectivity index (χ0v) is 16.6. The second kappa shape index (κ2) is 11.7. The lowest BCUT2D eigenvalue weighted by Gasteiger charge is -2.35. The standard InChI is InChI=1S/C17H27N3O3.2ClH/c1-12-8-20(9-13(2)23-12)10-14-6-4-5-7-16(14)19-17(21)15(18)11-22-3;;/h4-7,12-13,15H,8-11,18H2,1-3H3,(H,19,21);2*1H. The van der Waals surface area contributed by atoms with Gasteiger partial charge in [0.25, 0.3) is 0 Å². The maximum absolute atomic E-state index is 12.1. The van der Waals surface area contributed by atoms with Gasteiger partial charge in [0, 0.05) is 32.4 Å². The molecule has 0 radical (unpaired) electrons. The number of ether oxygens (including phenoxy) is 2. The number of anilines is 1. The van der Waals surface area contributed by atoms with Crippen LogP contribution in [0, 0.1) is 0 Å². The highest BCUT2D eigenvalue weighted by atomic mass is 35.5. The molecular weight excluding hydrogens is 365 g/mol. The second-order valence-corrected chi connectivity index (χ2v) is 6.16. The molecule has 0 spiro atoms. The van der Waals surface area contributed by atoms with Crippen molar-refractivity contribution in [1.29, 1.82) is 0 Å². The summed E-state index contributed by atoms with van der Waals surface area (Å²) in [6, 6.07) is 7.15. The van der Waals surface area contributed by atoms with Gasteiger partial charge < -0.3 is 20.5 Å². The minimum absolute atomic E-state index is 0. The highest BCUT2D eigenvalue weighted by Gasteiger charge is 2.23. The first-order valence-corrected chi connectivity index (χ1v) is 8.00. The first-order valence-electron chi connectivity index (χ1n) is 8.00. The molecule has 3 N–H and O–H groups in total. The third-order valence-corrected chi connectivity index (χ3v) is 3.85. The number of halogens is 2. The molecular formula is C17H29Cl2N3O3. The smallest absolute Gasteiger partial charge is 0.243 e. The van der Waals surface area contributed by atoms with E-state index < -0.39 is 6.04 Å². The van der Waals surface area contributed by atoms with Crippen molar-refractivity contribution in [3.05, 3.63) is 29.8 Å². The molecule has 1 aromatic rings. The SMILES string of the molecule is COCC(N)C(=O)Nc1ccccc1CN1CC(C)OC(C)C1.Cl.Cl. The number of morpholine rings is 1. The number of para-hydroxylation sites is 1. The average Bonchev–Trinajstić information content (AvgIpc) is 2.48. The van der Waals surface area contributed by atoms with Crippen LogP contribution in [-0.2, 0) is 20.8 Å². The Balaban J connectivity index is 0.00000288. The van der Waals surface area contributed by atoms with E-state index in [2.05, 4.69) is 24.1 Å². The number of amides is 1. The number of carbonyl (C=O) groups excluding carboxylic acids is 1. The van der Waals surface area contributed by atoms with Gasteiger partial charge in [-0.1, -0.05) is 18.2 Å². The van der Waals surface area contributed by atoms with Gasteiger partial charge in [0.1, 0.15) is 6.04 Å². The number of carbonyl (C=O) groups is 1. The van der Waals surface area contributed by atoms with Gasteiger partial charge in [-0.15, -0.1) is 24.8 Å². The molecule has 0 aliphatic carbocycles. The molecule has 1 fully saturated rings. The molecule has 0 aromatic heterocycles. The van der Waals surface area contributed by atoms with Gasteiger partial charge in [-0.3, -0.25) is 9.69 Å². The molecule has 1 aromatic carbocycles. The fraction of sp³-hybridized carbons (Fsp3) is 0.588. The molecule has 144 valence electrons. The lowest BCUT2D eigenvalue weighted by Crippen LogP contribution is -2.45. The van der Waals surface area contributed by atoms with Crippen molar-refractivity contribution in [2.24, 2.45) is 5.73 Å². The number of rotatable bonds is 6. The normalized spacial score (nSPS) is 21.6. The van der Waals surface area contributed by atoms with Crippen LogP contribution in [0.5, 0.6) is 0 Å². The van der Waals surface area contributed by atoms with Crippen LogP contribution in [0.25, 0.3) is 0 Å². The van der Waals surface area contributed by atoms with Crippen LogP contribution in [0.1, 0.15) is 19.4 Å². The van der Waals surface area contributed by atoms with Crippen molar-refractivity contribution < 1.29 is 14.3 Å². The average molecular weight is 394 g/mol. The molecule has 8 heteroatoms. The number of nitrogens with one attached hydrogen (secondary N) is 1. The first kappa shape index (κ1) is 24.1. The lowest BCUT2D eigenvalue weighted by atomic mass is 10.1. The maximum Gasteiger partial charge on any atom is 0.243 e. The van der Waals surface area contributed by atoms with Crippen molar-refractivity contribution in [1.82, 2.24) is 4.90 Å². The number of nitrogens with two attached hydrogens (primary N) is 1. The fourth-order valence-corrected chi connectivity index (χ4v) is 2.92. The Kier molecular flexibility index (Phi) is 11.3. The van der Waals surface area contributed by atoms with E-state index in [9.17, 15) is 4.79 Å².